The van der Waals surface area contributed by atoms with E-state index in [9.17, 15) is 5.11 Å². The van der Waals surface area contributed by atoms with Gasteiger partial charge in [0.05, 0.1) is 12.7 Å². The number of hydrogen-bond acceptors (Lipinski definition) is 3. The first-order valence-corrected chi connectivity index (χ1v) is 7.68. The normalized spacial score (nSPS) is 22.2. The molecule has 0 amide bonds. The van der Waals surface area contributed by atoms with Crippen molar-refractivity contribution in [1.82, 2.24) is 5.32 Å². The maximum atomic E-state index is 10.6. The minimum Gasteiger partial charge on any atom is -0.497 e. The van der Waals surface area contributed by atoms with Gasteiger partial charge in [-0.2, -0.15) is 0 Å². The van der Waals surface area contributed by atoms with E-state index >= 15 is 0 Å². The molecule has 2 rings (SSSR count). The molecule has 2 N–H and O–H groups in total. The molecular formula is C17H27NO2. The van der Waals surface area contributed by atoms with Crippen LogP contribution in [0.5, 0.6) is 5.75 Å². The predicted molar refractivity (Wildman–Crippen MR) is 82.2 cm³/mol. The van der Waals surface area contributed by atoms with E-state index in [-0.39, 0.29) is 0 Å². The van der Waals surface area contributed by atoms with E-state index in [0.29, 0.717) is 6.04 Å². The summed E-state index contributed by atoms with van der Waals surface area (Å²) in [5.74, 6) is 0.881. The van der Waals surface area contributed by atoms with E-state index in [4.69, 9.17) is 4.74 Å². The summed E-state index contributed by atoms with van der Waals surface area (Å²) in [5.41, 5.74) is 0.664. The third kappa shape index (κ3) is 4.80. The van der Waals surface area contributed by atoms with Crippen molar-refractivity contribution in [3.63, 3.8) is 0 Å². The van der Waals surface area contributed by atoms with Crippen molar-refractivity contribution in [3.05, 3.63) is 29.8 Å². The second-order valence-corrected chi connectivity index (χ2v) is 6.20. The van der Waals surface area contributed by atoms with Crippen LogP contribution in [0.3, 0.4) is 0 Å². The minimum atomic E-state index is -0.588. The molecule has 0 aliphatic carbocycles. The highest BCUT2D eigenvalue weighted by Crippen LogP contribution is 2.23. The zero-order valence-electron chi connectivity index (χ0n) is 12.7. The Hall–Kier alpha value is -1.06. The van der Waals surface area contributed by atoms with Gasteiger partial charge in [0, 0.05) is 6.04 Å². The molecule has 0 bridgehead atoms. The monoisotopic (exact) mass is 277 g/mol. The molecule has 2 unspecified atom stereocenters. The molecule has 3 nitrogen and oxygen atoms in total. The van der Waals surface area contributed by atoms with E-state index in [1.165, 1.54) is 24.8 Å². The molecule has 1 aliphatic heterocycles. The van der Waals surface area contributed by atoms with E-state index in [1.54, 1.807) is 7.11 Å². The molecule has 0 radical (unpaired) electrons. The van der Waals surface area contributed by atoms with Gasteiger partial charge < -0.3 is 15.2 Å². The summed E-state index contributed by atoms with van der Waals surface area (Å²) in [6, 6.07) is 8.59. The fraction of sp³-hybridized carbons (Fsp3) is 0.647. The summed E-state index contributed by atoms with van der Waals surface area (Å²) in [4.78, 5) is 0. The van der Waals surface area contributed by atoms with Gasteiger partial charge >= 0.3 is 0 Å². The Morgan fingerprint density at radius 1 is 1.30 bits per heavy atom. The topological polar surface area (TPSA) is 41.5 Å². The van der Waals surface area contributed by atoms with E-state index in [2.05, 4.69) is 17.4 Å². The van der Waals surface area contributed by atoms with Crippen molar-refractivity contribution >= 4 is 0 Å². The van der Waals surface area contributed by atoms with Crippen LogP contribution in [0.1, 0.15) is 44.6 Å². The van der Waals surface area contributed by atoms with Crippen LogP contribution in [0.15, 0.2) is 24.3 Å². The Labute approximate surface area is 122 Å². The Kier molecular flexibility index (Phi) is 5.44. The number of nitrogens with one attached hydrogen (secondary N) is 1. The van der Waals surface area contributed by atoms with Crippen molar-refractivity contribution in [2.75, 3.05) is 13.7 Å². The van der Waals surface area contributed by atoms with Crippen LogP contribution in [0.4, 0.5) is 0 Å². The van der Waals surface area contributed by atoms with Crippen molar-refractivity contribution in [2.45, 2.75) is 57.1 Å². The van der Waals surface area contributed by atoms with Gasteiger partial charge in [-0.1, -0.05) is 18.6 Å². The number of methoxy groups -OCH3 is 1. The number of aryl methyl sites for hydroxylation is 1. The van der Waals surface area contributed by atoms with Gasteiger partial charge in [0.25, 0.3) is 0 Å². The van der Waals surface area contributed by atoms with Gasteiger partial charge in [-0.25, -0.2) is 0 Å². The zero-order chi connectivity index (χ0) is 14.4. The average molecular weight is 277 g/mol. The van der Waals surface area contributed by atoms with Crippen LogP contribution < -0.4 is 10.1 Å². The fourth-order valence-corrected chi connectivity index (χ4v) is 2.94. The second-order valence-electron chi connectivity index (χ2n) is 6.20. The molecule has 0 spiro atoms. The Bertz CT molecular complexity index is 394. The number of aliphatic hydroxyl groups is 1. The standard InChI is InChI=1S/C17H27NO2/c1-17(19,13-15-5-3-4-12-18-15)11-10-14-6-8-16(20-2)9-7-14/h6-9,15,18-19H,3-5,10-13H2,1-2H3. The van der Waals surface area contributed by atoms with Crippen LogP contribution in [-0.2, 0) is 6.42 Å². The average Bonchev–Trinajstić information content (AvgIpc) is 2.46. The summed E-state index contributed by atoms with van der Waals surface area (Å²) in [6.45, 7) is 3.06. The van der Waals surface area contributed by atoms with Gasteiger partial charge in [-0.15, -0.1) is 0 Å². The van der Waals surface area contributed by atoms with Crippen LogP contribution in [0, 0.1) is 0 Å². The van der Waals surface area contributed by atoms with Gasteiger partial charge in [-0.05, 0) is 63.3 Å². The smallest absolute Gasteiger partial charge is 0.118 e. The molecule has 1 aromatic carbocycles. The summed E-state index contributed by atoms with van der Waals surface area (Å²) in [5, 5.41) is 14.1. The van der Waals surface area contributed by atoms with Crippen LogP contribution >= 0.6 is 0 Å². The predicted octanol–water partition coefficient (Wildman–Crippen LogP) is 2.91. The van der Waals surface area contributed by atoms with Crippen molar-refractivity contribution < 1.29 is 9.84 Å². The first-order chi connectivity index (χ1) is 9.59. The largest absolute Gasteiger partial charge is 0.497 e. The number of ether oxygens (including phenoxy) is 1. The maximum Gasteiger partial charge on any atom is 0.118 e. The molecule has 1 aliphatic rings. The zero-order valence-corrected chi connectivity index (χ0v) is 12.7. The Morgan fingerprint density at radius 2 is 2.05 bits per heavy atom. The first kappa shape index (κ1) is 15.3. The van der Waals surface area contributed by atoms with Crippen LogP contribution in [0.25, 0.3) is 0 Å². The highest BCUT2D eigenvalue weighted by Gasteiger charge is 2.26. The number of rotatable bonds is 6. The molecule has 1 heterocycles. The third-order valence-electron chi connectivity index (χ3n) is 4.21. The van der Waals surface area contributed by atoms with Gasteiger partial charge in [0.15, 0.2) is 0 Å². The van der Waals surface area contributed by atoms with E-state index in [1.807, 2.05) is 19.1 Å². The fourth-order valence-electron chi connectivity index (χ4n) is 2.94. The Morgan fingerprint density at radius 3 is 2.65 bits per heavy atom. The van der Waals surface area contributed by atoms with Crippen molar-refractivity contribution in [1.29, 1.82) is 0 Å². The van der Waals surface area contributed by atoms with Gasteiger partial charge in [-0.3, -0.25) is 0 Å². The minimum absolute atomic E-state index is 0.481. The summed E-state index contributed by atoms with van der Waals surface area (Å²) < 4.78 is 5.16. The number of benzene rings is 1. The molecule has 112 valence electrons. The van der Waals surface area contributed by atoms with E-state index < -0.39 is 5.60 Å². The van der Waals surface area contributed by atoms with Gasteiger partial charge in [0.1, 0.15) is 5.75 Å². The molecule has 0 saturated carbocycles. The highest BCUT2D eigenvalue weighted by atomic mass is 16.5. The van der Waals surface area contributed by atoms with Crippen molar-refractivity contribution in [3.8, 4) is 5.75 Å². The maximum absolute atomic E-state index is 10.6. The summed E-state index contributed by atoms with van der Waals surface area (Å²) in [7, 11) is 1.68. The third-order valence-corrected chi connectivity index (χ3v) is 4.21. The lowest BCUT2D eigenvalue weighted by atomic mass is 9.87. The highest BCUT2D eigenvalue weighted by molar-refractivity contribution is 5.27. The summed E-state index contributed by atoms with van der Waals surface area (Å²) >= 11 is 0. The molecule has 0 aromatic heterocycles. The van der Waals surface area contributed by atoms with Gasteiger partial charge in [0.2, 0.25) is 0 Å². The number of hydrogen-bond donors (Lipinski definition) is 2. The lowest BCUT2D eigenvalue weighted by Gasteiger charge is -2.31. The molecular weight excluding hydrogens is 250 g/mol. The number of piperidine rings is 1. The lowest BCUT2D eigenvalue weighted by Crippen LogP contribution is -2.41. The van der Waals surface area contributed by atoms with E-state index in [0.717, 1.165) is 31.6 Å². The van der Waals surface area contributed by atoms with Crippen molar-refractivity contribution in [2.24, 2.45) is 0 Å². The molecule has 3 heteroatoms. The molecule has 1 fully saturated rings. The Balaban J connectivity index is 1.80. The summed E-state index contributed by atoms with van der Waals surface area (Å²) in [6.07, 6.45) is 6.31. The molecule has 1 aromatic rings. The quantitative estimate of drug-likeness (QED) is 0.840. The molecule has 20 heavy (non-hydrogen) atoms. The lowest BCUT2D eigenvalue weighted by molar-refractivity contribution is 0.0288. The molecule has 2 atom stereocenters. The molecule has 1 saturated heterocycles. The second kappa shape index (κ2) is 7.09. The first-order valence-electron chi connectivity index (χ1n) is 7.68. The van der Waals surface area contributed by atoms with Crippen LogP contribution in [-0.4, -0.2) is 30.4 Å². The van der Waals surface area contributed by atoms with Crippen LogP contribution in [0.2, 0.25) is 0 Å². The SMILES string of the molecule is COc1ccc(CCC(C)(O)CC2CCCCN2)cc1.